The first-order valence-corrected chi connectivity index (χ1v) is 13.7. The Morgan fingerprint density at radius 1 is 0.927 bits per heavy atom. The Bertz CT molecular complexity index is 1330. The number of ketones is 1. The average molecular weight is 566 g/mol. The Morgan fingerprint density at radius 2 is 1.59 bits per heavy atom. The lowest BCUT2D eigenvalue weighted by Gasteiger charge is -2.37. The first-order chi connectivity index (χ1) is 19.7. The smallest absolute Gasteiger partial charge is 0.336 e. The summed E-state index contributed by atoms with van der Waals surface area (Å²) in [4.78, 5) is 27.6. The number of rotatable bonds is 11. The normalized spacial score (nSPS) is 18.6. The van der Waals surface area contributed by atoms with Crippen LogP contribution >= 0.6 is 0 Å². The van der Waals surface area contributed by atoms with Gasteiger partial charge in [-0.05, 0) is 56.5 Å². The largest absolute Gasteiger partial charge is 0.496 e. The van der Waals surface area contributed by atoms with Gasteiger partial charge in [-0.1, -0.05) is 18.2 Å². The van der Waals surface area contributed by atoms with E-state index < -0.39 is 11.9 Å². The Kier molecular flexibility index (Phi) is 9.60. The van der Waals surface area contributed by atoms with Crippen LogP contribution in [0.3, 0.4) is 0 Å². The topological polar surface area (TPSA) is 102 Å². The van der Waals surface area contributed by atoms with Crippen molar-refractivity contribution in [2.75, 3.05) is 41.7 Å². The van der Waals surface area contributed by atoms with Gasteiger partial charge in [-0.25, -0.2) is 4.79 Å². The third-order valence-electron chi connectivity index (χ3n) is 7.41. The fourth-order valence-electron chi connectivity index (χ4n) is 5.63. The molecule has 9 nitrogen and oxygen atoms in total. The number of ether oxygens (including phenoxy) is 6. The van der Waals surface area contributed by atoms with Crippen molar-refractivity contribution in [2.24, 2.45) is 0 Å². The molecule has 0 spiro atoms. The molecule has 1 aliphatic heterocycles. The van der Waals surface area contributed by atoms with Gasteiger partial charge in [-0.15, -0.1) is 0 Å². The highest BCUT2D eigenvalue weighted by molar-refractivity contribution is 6.04. The molecule has 2 aromatic rings. The van der Waals surface area contributed by atoms with Gasteiger partial charge in [0.2, 0.25) is 5.75 Å². The lowest BCUT2D eigenvalue weighted by Crippen LogP contribution is -2.36. The van der Waals surface area contributed by atoms with Crippen molar-refractivity contribution >= 4 is 11.8 Å². The fraction of sp³-hybridized carbons (Fsp3) is 0.438. The number of carbonyl (C=O) groups is 2. The molecule has 0 aromatic heterocycles. The van der Waals surface area contributed by atoms with E-state index in [1.807, 2.05) is 45.0 Å². The number of allylic oxidation sites excluding steroid dienone is 3. The third kappa shape index (κ3) is 6.20. The molecule has 2 atom stereocenters. The van der Waals surface area contributed by atoms with E-state index in [1.54, 1.807) is 19.2 Å². The summed E-state index contributed by atoms with van der Waals surface area (Å²) in [5.74, 6) is 0.642. The number of methoxy groups -OCH3 is 4. The summed E-state index contributed by atoms with van der Waals surface area (Å²) < 4.78 is 33.5. The van der Waals surface area contributed by atoms with Crippen LogP contribution in [0.25, 0.3) is 0 Å². The standard InChI is InChI=1S/C32H39NO8/c1-18(2)40-12-13-41-32(35)28-19(3)33-23-14-20(22-10-8-9-11-25(22)36-4)15-24(34)30(23)29(28)21-16-26(37-5)31(39-7)27(17-21)38-6/h8-11,16-18,20,29,33H,12-15H2,1-7H3/t20-,29-/m0/s1. The molecule has 0 bridgehead atoms. The number of hydrogen-bond acceptors (Lipinski definition) is 9. The zero-order valence-corrected chi connectivity index (χ0v) is 24.8. The number of Topliss-reactive ketones (excluding diaryl/α,β-unsaturated/α-hetero) is 1. The van der Waals surface area contributed by atoms with Gasteiger partial charge >= 0.3 is 5.97 Å². The number of dihydropyridines is 1. The maximum atomic E-state index is 14.0. The van der Waals surface area contributed by atoms with Gasteiger partial charge < -0.3 is 33.7 Å². The quantitative estimate of drug-likeness (QED) is 0.296. The molecule has 1 heterocycles. The summed E-state index contributed by atoms with van der Waals surface area (Å²) in [5, 5.41) is 3.38. The van der Waals surface area contributed by atoms with Crippen molar-refractivity contribution in [3.63, 3.8) is 0 Å². The van der Waals surface area contributed by atoms with E-state index in [4.69, 9.17) is 28.4 Å². The third-order valence-corrected chi connectivity index (χ3v) is 7.41. The molecule has 2 aromatic carbocycles. The second kappa shape index (κ2) is 13.1. The van der Waals surface area contributed by atoms with E-state index in [1.165, 1.54) is 21.3 Å². The predicted octanol–water partition coefficient (Wildman–Crippen LogP) is 5.05. The second-order valence-electron chi connectivity index (χ2n) is 10.3. The minimum Gasteiger partial charge on any atom is -0.496 e. The number of para-hydroxylation sites is 1. The van der Waals surface area contributed by atoms with Gasteiger partial charge in [0.1, 0.15) is 12.4 Å². The predicted molar refractivity (Wildman–Crippen MR) is 154 cm³/mol. The Labute approximate surface area is 241 Å². The molecular weight excluding hydrogens is 526 g/mol. The first kappa shape index (κ1) is 30.0. The minimum absolute atomic E-state index is 0.0155. The highest BCUT2D eigenvalue weighted by Crippen LogP contribution is 2.49. The van der Waals surface area contributed by atoms with Crippen LogP contribution in [0.1, 0.15) is 56.6 Å². The van der Waals surface area contributed by atoms with Gasteiger partial charge in [0, 0.05) is 35.2 Å². The summed E-state index contributed by atoms with van der Waals surface area (Å²) in [7, 11) is 6.22. The minimum atomic E-state index is -0.704. The average Bonchev–Trinajstić information content (AvgIpc) is 2.97. The zero-order chi connectivity index (χ0) is 29.7. The zero-order valence-electron chi connectivity index (χ0n) is 24.8. The van der Waals surface area contributed by atoms with E-state index in [2.05, 4.69) is 5.32 Å². The fourth-order valence-corrected chi connectivity index (χ4v) is 5.63. The maximum Gasteiger partial charge on any atom is 0.336 e. The monoisotopic (exact) mass is 565 g/mol. The maximum absolute atomic E-state index is 14.0. The van der Waals surface area contributed by atoms with Crippen LogP contribution in [0.2, 0.25) is 0 Å². The number of hydrogen-bond donors (Lipinski definition) is 1. The SMILES string of the molecule is COc1ccccc1[C@@H]1CC(=O)C2=C(C1)NC(C)=C(C(=O)OCCOC(C)C)[C@@H]2c1cc(OC)c(OC)c(OC)c1. The Morgan fingerprint density at radius 3 is 2.20 bits per heavy atom. The molecule has 0 saturated carbocycles. The molecule has 1 aliphatic carbocycles. The molecular formula is C32H39NO8. The lowest BCUT2D eigenvalue weighted by molar-refractivity contribution is -0.141. The molecule has 220 valence electrons. The molecule has 2 aliphatic rings. The number of esters is 1. The summed E-state index contributed by atoms with van der Waals surface area (Å²) >= 11 is 0. The van der Waals surface area contributed by atoms with Gasteiger partial charge in [-0.3, -0.25) is 4.79 Å². The van der Waals surface area contributed by atoms with Crippen LogP contribution in [0.15, 0.2) is 58.9 Å². The van der Waals surface area contributed by atoms with E-state index in [-0.39, 0.29) is 37.4 Å². The van der Waals surface area contributed by atoms with E-state index in [0.717, 1.165) is 17.0 Å². The summed E-state index contributed by atoms with van der Waals surface area (Å²) in [5.41, 5.74) is 3.90. The molecule has 0 unspecified atom stereocenters. The van der Waals surface area contributed by atoms with Crippen molar-refractivity contribution < 1.29 is 38.0 Å². The van der Waals surface area contributed by atoms with Crippen LogP contribution in [-0.4, -0.2) is 59.5 Å². The van der Waals surface area contributed by atoms with Crippen LogP contribution in [0, 0.1) is 0 Å². The highest BCUT2D eigenvalue weighted by atomic mass is 16.6. The van der Waals surface area contributed by atoms with Gasteiger partial charge in [0.15, 0.2) is 17.3 Å². The lowest BCUT2D eigenvalue weighted by atomic mass is 9.71. The molecule has 4 rings (SSSR count). The number of benzene rings is 2. The van der Waals surface area contributed by atoms with Crippen LogP contribution < -0.4 is 24.3 Å². The molecule has 0 fully saturated rings. The summed E-state index contributed by atoms with van der Waals surface area (Å²) in [6.07, 6.45) is 0.858. The van der Waals surface area contributed by atoms with Crippen LogP contribution in [0.5, 0.6) is 23.0 Å². The molecule has 0 amide bonds. The van der Waals surface area contributed by atoms with Gasteiger partial charge in [0.25, 0.3) is 0 Å². The number of carbonyl (C=O) groups excluding carboxylic acids is 2. The first-order valence-electron chi connectivity index (χ1n) is 13.7. The van der Waals surface area contributed by atoms with E-state index in [9.17, 15) is 9.59 Å². The Hall–Kier alpha value is -3.98. The van der Waals surface area contributed by atoms with E-state index >= 15 is 0 Å². The van der Waals surface area contributed by atoms with E-state index in [0.29, 0.717) is 46.1 Å². The molecule has 0 saturated heterocycles. The summed E-state index contributed by atoms with van der Waals surface area (Å²) in [6, 6.07) is 11.3. The number of nitrogens with one attached hydrogen (secondary N) is 1. The van der Waals surface area contributed by atoms with Crippen molar-refractivity contribution in [2.45, 2.75) is 51.6 Å². The summed E-state index contributed by atoms with van der Waals surface area (Å²) in [6.45, 7) is 6.02. The highest BCUT2D eigenvalue weighted by Gasteiger charge is 2.42. The van der Waals surface area contributed by atoms with Crippen molar-refractivity contribution in [3.05, 3.63) is 70.1 Å². The molecule has 9 heteroatoms. The van der Waals surface area contributed by atoms with Gasteiger partial charge in [-0.2, -0.15) is 0 Å². The molecule has 1 N–H and O–H groups in total. The van der Waals surface area contributed by atoms with Crippen molar-refractivity contribution in [3.8, 4) is 23.0 Å². The molecule has 0 radical (unpaired) electrons. The molecule has 41 heavy (non-hydrogen) atoms. The van der Waals surface area contributed by atoms with Gasteiger partial charge in [0.05, 0.1) is 46.7 Å². The van der Waals surface area contributed by atoms with Crippen molar-refractivity contribution in [1.29, 1.82) is 0 Å². The Balaban J connectivity index is 1.81. The van der Waals surface area contributed by atoms with Crippen LogP contribution in [0.4, 0.5) is 0 Å². The second-order valence-corrected chi connectivity index (χ2v) is 10.3. The van der Waals surface area contributed by atoms with Crippen molar-refractivity contribution in [1.82, 2.24) is 5.32 Å². The van der Waals surface area contributed by atoms with Crippen LogP contribution in [-0.2, 0) is 19.1 Å².